The molecule has 0 aromatic heterocycles. The highest BCUT2D eigenvalue weighted by atomic mass is 16.5. The van der Waals surface area contributed by atoms with Crippen molar-refractivity contribution in [3.8, 4) is 11.1 Å². The average molecular weight is 465 g/mol. The van der Waals surface area contributed by atoms with Gasteiger partial charge < -0.3 is 20.5 Å². The van der Waals surface area contributed by atoms with Gasteiger partial charge in [-0.3, -0.25) is 9.59 Å². The highest BCUT2D eigenvalue weighted by Crippen LogP contribution is 2.44. The standard InChI is InChI=1S/C27H32N2O5/c1-2-18(25(31)32)16-28-24(30)15-27(13-7-8-14-27)29-26(33)34-17-23-21-11-5-3-9-19(21)20-10-4-6-12-22(20)23/h3-6,9-12,18,23H,2,7-8,13-17H2,1H3,(H,28,30)(H,29,33)(H,31,32). The van der Waals surface area contributed by atoms with Gasteiger partial charge in [-0.25, -0.2) is 4.79 Å². The van der Waals surface area contributed by atoms with Crippen LogP contribution in [-0.4, -0.2) is 41.8 Å². The molecule has 2 aliphatic rings. The minimum atomic E-state index is -0.921. The third-order valence-electron chi connectivity index (χ3n) is 7.16. The van der Waals surface area contributed by atoms with E-state index in [0.717, 1.165) is 24.0 Å². The number of hydrogen-bond donors (Lipinski definition) is 3. The molecule has 1 fully saturated rings. The first-order valence-electron chi connectivity index (χ1n) is 12.0. The molecular weight excluding hydrogens is 432 g/mol. The number of fused-ring (bicyclic) bond motifs is 3. The zero-order valence-electron chi connectivity index (χ0n) is 19.5. The van der Waals surface area contributed by atoms with Gasteiger partial charge in [-0.15, -0.1) is 0 Å². The number of carbonyl (C=O) groups excluding carboxylic acids is 2. The van der Waals surface area contributed by atoms with E-state index in [4.69, 9.17) is 4.74 Å². The summed E-state index contributed by atoms with van der Waals surface area (Å²) in [4.78, 5) is 36.6. The molecule has 0 saturated heterocycles. The molecule has 7 nitrogen and oxygen atoms in total. The Morgan fingerprint density at radius 1 is 1.03 bits per heavy atom. The van der Waals surface area contributed by atoms with Gasteiger partial charge in [0.15, 0.2) is 0 Å². The van der Waals surface area contributed by atoms with Crippen LogP contribution in [-0.2, 0) is 14.3 Å². The number of amides is 2. The molecule has 3 N–H and O–H groups in total. The van der Waals surface area contributed by atoms with Crippen molar-refractivity contribution in [2.45, 2.75) is 56.9 Å². The van der Waals surface area contributed by atoms with Crippen molar-refractivity contribution in [2.75, 3.05) is 13.2 Å². The summed E-state index contributed by atoms with van der Waals surface area (Å²) in [6.45, 7) is 2.09. The lowest BCUT2D eigenvalue weighted by atomic mass is 9.92. The number of aliphatic carboxylic acids is 1. The lowest BCUT2D eigenvalue weighted by molar-refractivity contribution is -0.141. The Kier molecular flexibility index (Phi) is 7.20. The van der Waals surface area contributed by atoms with Gasteiger partial charge in [0.1, 0.15) is 6.61 Å². The van der Waals surface area contributed by atoms with E-state index >= 15 is 0 Å². The number of rotatable bonds is 9. The Hall–Kier alpha value is -3.35. The van der Waals surface area contributed by atoms with E-state index in [1.54, 1.807) is 6.92 Å². The number of carboxylic acid groups (broad SMARTS) is 1. The van der Waals surface area contributed by atoms with Crippen LogP contribution in [0.3, 0.4) is 0 Å². The molecule has 2 aliphatic carbocycles. The second-order valence-corrected chi connectivity index (χ2v) is 9.36. The van der Waals surface area contributed by atoms with Crippen LogP contribution in [0, 0.1) is 5.92 Å². The van der Waals surface area contributed by atoms with E-state index in [2.05, 4.69) is 34.9 Å². The molecule has 0 bridgehead atoms. The van der Waals surface area contributed by atoms with E-state index in [0.29, 0.717) is 19.3 Å². The smallest absolute Gasteiger partial charge is 0.407 e. The van der Waals surface area contributed by atoms with Crippen molar-refractivity contribution in [1.82, 2.24) is 10.6 Å². The summed E-state index contributed by atoms with van der Waals surface area (Å²) in [5, 5.41) is 14.9. The Morgan fingerprint density at radius 3 is 2.18 bits per heavy atom. The maximum atomic E-state index is 12.8. The molecular formula is C27H32N2O5. The van der Waals surface area contributed by atoms with Crippen molar-refractivity contribution < 1.29 is 24.2 Å². The van der Waals surface area contributed by atoms with Crippen molar-refractivity contribution in [3.05, 3.63) is 59.7 Å². The molecule has 0 aliphatic heterocycles. The van der Waals surface area contributed by atoms with E-state index in [9.17, 15) is 19.5 Å². The number of ether oxygens (including phenoxy) is 1. The van der Waals surface area contributed by atoms with Crippen LogP contribution in [0.4, 0.5) is 4.79 Å². The minimum Gasteiger partial charge on any atom is -0.481 e. The van der Waals surface area contributed by atoms with Crippen molar-refractivity contribution in [2.24, 2.45) is 5.92 Å². The first-order chi connectivity index (χ1) is 16.4. The van der Waals surface area contributed by atoms with Gasteiger partial charge in [-0.2, -0.15) is 0 Å². The first kappa shape index (κ1) is 23.8. The second-order valence-electron chi connectivity index (χ2n) is 9.36. The van der Waals surface area contributed by atoms with Crippen LogP contribution in [0.15, 0.2) is 48.5 Å². The Balaban J connectivity index is 1.37. The lowest BCUT2D eigenvalue weighted by Crippen LogP contribution is -2.50. The monoisotopic (exact) mass is 464 g/mol. The number of carbonyl (C=O) groups is 3. The summed E-state index contributed by atoms with van der Waals surface area (Å²) < 4.78 is 5.70. The second kappa shape index (κ2) is 10.3. The molecule has 2 aromatic rings. The highest BCUT2D eigenvalue weighted by Gasteiger charge is 2.38. The summed E-state index contributed by atoms with van der Waals surface area (Å²) in [5.74, 6) is -1.81. The van der Waals surface area contributed by atoms with E-state index in [-0.39, 0.29) is 31.4 Å². The quantitative estimate of drug-likeness (QED) is 0.508. The van der Waals surface area contributed by atoms with Gasteiger partial charge in [0.2, 0.25) is 5.91 Å². The Bertz CT molecular complexity index is 1010. The molecule has 0 radical (unpaired) electrons. The fourth-order valence-electron chi connectivity index (χ4n) is 5.26. The predicted octanol–water partition coefficient (Wildman–Crippen LogP) is 4.46. The normalized spacial score (nSPS) is 16.9. The number of hydrogen-bond acceptors (Lipinski definition) is 4. The van der Waals surface area contributed by atoms with Crippen LogP contribution < -0.4 is 10.6 Å². The molecule has 0 spiro atoms. The first-order valence-corrected chi connectivity index (χ1v) is 12.0. The summed E-state index contributed by atoms with van der Waals surface area (Å²) in [6.07, 6.45) is 3.27. The van der Waals surface area contributed by atoms with Gasteiger partial charge in [0, 0.05) is 18.9 Å². The summed E-state index contributed by atoms with van der Waals surface area (Å²) in [7, 11) is 0. The molecule has 34 heavy (non-hydrogen) atoms. The van der Waals surface area contributed by atoms with E-state index in [1.807, 2.05) is 24.3 Å². The maximum Gasteiger partial charge on any atom is 0.407 e. The van der Waals surface area contributed by atoms with Gasteiger partial charge in [0.05, 0.1) is 11.5 Å². The van der Waals surface area contributed by atoms with Crippen LogP contribution in [0.1, 0.15) is 62.5 Å². The third kappa shape index (κ3) is 5.08. The van der Waals surface area contributed by atoms with E-state index < -0.39 is 23.5 Å². The van der Waals surface area contributed by atoms with Crippen LogP contribution >= 0.6 is 0 Å². The third-order valence-corrected chi connectivity index (χ3v) is 7.16. The number of nitrogens with one attached hydrogen (secondary N) is 2. The number of benzene rings is 2. The molecule has 7 heteroatoms. The number of carboxylic acids is 1. The fourth-order valence-corrected chi connectivity index (χ4v) is 5.26. The topological polar surface area (TPSA) is 105 Å². The van der Waals surface area contributed by atoms with Gasteiger partial charge in [0.25, 0.3) is 0 Å². The van der Waals surface area contributed by atoms with Crippen molar-refractivity contribution >= 4 is 18.0 Å². The molecule has 4 rings (SSSR count). The zero-order chi connectivity index (χ0) is 24.1. The SMILES string of the molecule is CCC(CNC(=O)CC1(NC(=O)OCC2c3ccccc3-c3ccccc32)CCCC1)C(=O)O. The molecule has 2 amide bonds. The van der Waals surface area contributed by atoms with Gasteiger partial charge >= 0.3 is 12.1 Å². The largest absolute Gasteiger partial charge is 0.481 e. The molecule has 180 valence electrons. The van der Waals surface area contributed by atoms with Gasteiger partial charge in [-0.1, -0.05) is 68.3 Å². The molecule has 1 unspecified atom stereocenters. The molecule has 1 saturated carbocycles. The fraction of sp³-hybridized carbons (Fsp3) is 0.444. The maximum absolute atomic E-state index is 12.8. The highest BCUT2D eigenvalue weighted by molar-refractivity contribution is 5.80. The minimum absolute atomic E-state index is 0.0250. The zero-order valence-corrected chi connectivity index (χ0v) is 19.5. The summed E-state index contributed by atoms with van der Waals surface area (Å²) >= 11 is 0. The van der Waals surface area contributed by atoms with Crippen molar-refractivity contribution in [3.63, 3.8) is 0 Å². The molecule has 1 atom stereocenters. The summed E-state index contributed by atoms with van der Waals surface area (Å²) in [6, 6.07) is 16.4. The average Bonchev–Trinajstić information content (AvgIpc) is 3.40. The predicted molar refractivity (Wildman–Crippen MR) is 128 cm³/mol. The van der Waals surface area contributed by atoms with Crippen LogP contribution in [0.25, 0.3) is 11.1 Å². The van der Waals surface area contributed by atoms with Crippen LogP contribution in [0.5, 0.6) is 0 Å². The van der Waals surface area contributed by atoms with Gasteiger partial charge in [-0.05, 0) is 41.5 Å². The lowest BCUT2D eigenvalue weighted by Gasteiger charge is -2.30. The Labute approximate surface area is 199 Å². The molecule has 0 heterocycles. The summed E-state index contributed by atoms with van der Waals surface area (Å²) in [5.41, 5.74) is 3.98. The van der Waals surface area contributed by atoms with E-state index in [1.165, 1.54) is 11.1 Å². The number of alkyl carbamates (subject to hydrolysis) is 1. The Morgan fingerprint density at radius 2 is 1.62 bits per heavy atom. The van der Waals surface area contributed by atoms with Crippen molar-refractivity contribution in [1.29, 1.82) is 0 Å². The van der Waals surface area contributed by atoms with Crippen LogP contribution in [0.2, 0.25) is 0 Å². The molecule has 2 aromatic carbocycles.